The highest BCUT2D eigenvalue weighted by Gasteiger charge is 2.37. The highest BCUT2D eigenvalue weighted by Crippen LogP contribution is 2.25. The number of hydrogen-bond donors (Lipinski definition) is 3. The molecular weight excluding hydrogens is 298 g/mol. The first-order valence-electron chi connectivity index (χ1n) is 7.41. The van der Waals surface area contributed by atoms with Gasteiger partial charge in [-0.15, -0.1) is 0 Å². The Hall–Kier alpha value is -2.35. The van der Waals surface area contributed by atoms with Crippen molar-refractivity contribution in [2.75, 3.05) is 13.1 Å². The largest absolute Gasteiger partial charge is 0.444 e. The van der Waals surface area contributed by atoms with Crippen LogP contribution in [-0.2, 0) is 4.74 Å². The van der Waals surface area contributed by atoms with Gasteiger partial charge in [0.15, 0.2) is 5.84 Å². The molecule has 1 saturated heterocycles. The van der Waals surface area contributed by atoms with Gasteiger partial charge in [-0.25, -0.2) is 4.79 Å². The molecule has 1 aliphatic heterocycles. The molecular formula is C15H23N5O3. The van der Waals surface area contributed by atoms with Crippen LogP contribution in [0.25, 0.3) is 0 Å². The molecule has 1 aromatic rings. The minimum atomic E-state index is -0.528. The number of likely N-dealkylation sites (tertiary alicyclic amines) is 1. The van der Waals surface area contributed by atoms with Crippen molar-refractivity contribution in [3.63, 3.8) is 0 Å². The lowest BCUT2D eigenvalue weighted by molar-refractivity contribution is 0.0372. The van der Waals surface area contributed by atoms with E-state index in [1.165, 1.54) is 0 Å². The van der Waals surface area contributed by atoms with Gasteiger partial charge in [0.05, 0.1) is 12.1 Å². The van der Waals surface area contributed by atoms with E-state index in [1.54, 1.807) is 18.5 Å². The average molecular weight is 321 g/mol. The topological polar surface area (TPSA) is 113 Å². The minimum Gasteiger partial charge on any atom is -0.444 e. The van der Waals surface area contributed by atoms with E-state index in [4.69, 9.17) is 15.7 Å². The SMILES string of the molecule is CC(C)(C)OC(=O)NC1CN([C@H](C(N)=NO)c2cccnc2)C1. The number of aromatic nitrogens is 1. The normalized spacial score (nSPS) is 18.1. The lowest BCUT2D eigenvalue weighted by Gasteiger charge is -2.43. The average Bonchev–Trinajstić information content (AvgIpc) is 2.43. The Morgan fingerprint density at radius 3 is 2.78 bits per heavy atom. The summed E-state index contributed by atoms with van der Waals surface area (Å²) in [6, 6.07) is 3.26. The summed E-state index contributed by atoms with van der Waals surface area (Å²) in [5.74, 6) is 0.0914. The number of nitrogens with one attached hydrogen (secondary N) is 1. The van der Waals surface area contributed by atoms with E-state index in [0.29, 0.717) is 13.1 Å². The minimum absolute atomic E-state index is 0.0319. The van der Waals surface area contributed by atoms with Gasteiger partial charge < -0.3 is 21.0 Å². The lowest BCUT2D eigenvalue weighted by atomic mass is 9.99. The summed E-state index contributed by atoms with van der Waals surface area (Å²) in [6.45, 7) is 6.60. The van der Waals surface area contributed by atoms with Crippen LogP contribution in [0.4, 0.5) is 4.79 Å². The number of amidine groups is 1. The van der Waals surface area contributed by atoms with E-state index in [2.05, 4.69) is 15.5 Å². The Morgan fingerprint density at radius 2 is 2.26 bits per heavy atom. The summed E-state index contributed by atoms with van der Waals surface area (Å²) in [5.41, 5.74) is 6.11. The lowest BCUT2D eigenvalue weighted by Crippen LogP contribution is -2.62. The zero-order valence-corrected chi connectivity index (χ0v) is 13.6. The molecule has 0 aromatic carbocycles. The monoisotopic (exact) mass is 321 g/mol. The molecule has 2 rings (SSSR count). The van der Waals surface area contributed by atoms with Crippen LogP contribution in [-0.4, -0.2) is 51.8 Å². The summed E-state index contributed by atoms with van der Waals surface area (Å²) in [6.07, 6.45) is 2.90. The fourth-order valence-corrected chi connectivity index (χ4v) is 2.45. The third kappa shape index (κ3) is 4.56. The third-order valence-electron chi connectivity index (χ3n) is 3.39. The number of rotatable bonds is 4. The van der Waals surface area contributed by atoms with Crippen LogP contribution in [0.1, 0.15) is 32.4 Å². The van der Waals surface area contributed by atoms with Crippen molar-refractivity contribution < 1.29 is 14.7 Å². The summed E-state index contributed by atoms with van der Waals surface area (Å²) < 4.78 is 5.23. The van der Waals surface area contributed by atoms with Crippen molar-refractivity contribution >= 4 is 11.9 Å². The first-order chi connectivity index (χ1) is 10.8. The molecule has 1 amide bonds. The first kappa shape index (κ1) is 17.0. The molecule has 0 unspecified atom stereocenters. The summed E-state index contributed by atoms with van der Waals surface area (Å²) in [5, 5.41) is 14.9. The molecule has 126 valence electrons. The molecule has 0 radical (unpaired) electrons. The summed E-state index contributed by atoms with van der Waals surface area (Å²) in [7, 11) is 0. The second kappa shape index (κ2) is 6.82. The first-order valence-corrected chi connectivity index (χ1v) is 7.41. The molecule has 23 heavy (non-hydrogen) atoms. The van der Waals surface area contributed by atoms with Crippen LogP contribution in [0.2, 0.25) is 0 Å². The Balaban J connectivity index is 1.94. The number of hydrogen-bond acceptors (Lipinski definition) is 6. The van der Waals surface area contributed by atoms with Crippen molar-refractivity contribution in [2.24, 2.45) is 10.9 Å². The second-order valence-corrected chi connectivity index (χ2v) is 6.51. The van der Waals surface area contributed by atoms with Crippen LogP contribution >= 0.6 is 0 Å². The zero-order chi connectivity index (χ0) is 17.0. The van der Waals surface area contributed by atoms with E-state index in [-0.39, 0.29) is 17.9 Å². The molecule has 1 atom stereocenters. The van der Waals surface area contributed by atoms with E-state index >= 15 is 0 Å². The highest BCUT2D eigenvalue weighted by molar-refractivity contribution is 5.86. The third-order valence-corrected chi connectivity index (χ3v) is 3.39. The number of nitrogens with zero attached hydrogens (tertiary/aromatic N) is 3. The Kier molecular flexibility index (Phi) is 5.05. The zero-order valence-electron chi connectivity index (χ0n) is 13.6. The van der Waals surface area contributed by atoms with E-state index in [1.807, 2.05) is 31.7 Å². The molecule has 1 aromatic heterocycles. The quantitative estimate of drug-likeness (QED) is 0.331. The van der Waals surface area contributed by atoms with E-state index in [9.17, 15) is 4.79 Å². The fourth-order valence-electron chi connectivity index (χ4n) is 2.45. The standard InChI is InChI=1S/C15H23N5O3/c1-15(2,3)23-14(21)18-11-8-20(9-11)12(13(16)19-22)10-5-4-6-17-7-10/h4-7,11-12,22H,8-9H2,1-3H3,(H2,16,19)(H,18,21)/t12-/m0/s1. The van der Waals surface area contributed by atoms with Crippen LogP contribution in [0.3, 0.4) is 0 Å². The van der Waals surface area contributed by atoms with Crippen LogP contribution < -0.4 is 11.1 Å². The van der Waals surface area contributed by atoms with Gasteiger partial charge in [0, 0.05) is 25.5 Å². The Morgan fingerprint density at radius 1 is 1.57 bits per heavy atom. The van der Waals surface area contributed by atoms with Crippen molar-refractivity contribution in [1.82, 2.24) is 15.2 Å². The molecule has 0 spiro atoms. The molecule has 0 bridgehead atoms. The molecule has 0 aliphatic carbocycles. The number of carbonyl (C=O) groups is 1. The maximum absolute atomic E-state index is 11.7. The van der Waals surface area contributed by atoms with Gasteiger partial charge in [-0.3, -0.25) is 9.88 Å². The van der Waals surface area contributed by atoms with Crippen LogP contribution in [0.15, 0.2) is 29.7 Å². The number of nitrogens with two attached hydrogens (primary N) is 1. The highest BCUT2D eigenvalue weighted by atomic mass is 16.6. The number of alkyl carbamates (subject to hydrolysis) is 1. The number of amides is 1. The predicted molar refractivity (Wildman–Crippen MR) is 85.1 cm³/mol. The van der Waals surface area contributed by atoms with Crippen molar-refractivity contribution in [1.29, 1.82) is 0 Å². The van der Waals surface area contributed by atoms with E-state index < -0.39 is 11.7 Å². The van der Waals surface area contributed by atoms with Crippen molar-refractivity contribution in [3.05, 3.63) is 30.1 Å². The van der Waals surface area contributed by atoms with Gasteiger partial charge in [-0.1, -0.05) is 11.2 Å². The maximum Gasteiger partial charge on any atom is 0.407 e. The van der Waals surface area contributed by atoms with Crippen LogP contribution in [0, 0.1) is 0 Å². The van der Waals surface area contributed by atoms with Gasteiger partial charge >= 0.3 is 6.09 Å². The molecule has 8 nitrogen and oxygen atoms in total. The number of ether oxygens (including phenoxy) is 1. The molecule has 8 heteroatoms. The predicted octanol–water partition coefficient (Wildman–Crippen LogP) is 1.08. The molecule has 1 fully saturated rings. The number of carbonyl (C=O) groups excluding carboxylic acids is 1. The van der Waals surface area contributed by atoms with E-state index in [0.717, 1.165) is 5.56 Å². The second-order valence-electron chi connectivity index (χ2n) is 6.51. The summed E-state index contributed by atoms with van der Waals surface area (Å²) >= 11 is 0. The van der Waals surface area contributed by atoms with Gasteiger partial charge in [-0.2, -0.15) is 0 Å². The molecule has 2 heterocycles. The smallest absolute Gasteiger partial charge is 0.407 e. The van der Waals surface area contributed by atoms with Crippen LogP contribution in [0.5, 0.6) is 0 Å². The maximum atomic E-state index is 11.7. The number of oxime groups is 1. The van der Waals surface area contributed by atoms with Crippen molar-refractivity contribution in [3.8, 4) is 0 Å². The molecule has 0 saturated carbocycles. The van der Waals surface area contributed by atoms with Gasteiger partial charge in [0.25, 0.3) is 0 Å². The van der Waals surface area contributed by atoms with Crippen molar-refractivity contribution in [2.45, 2.75) is 38.5 Å². The van der Waals surface area contributed by atoms with Gasteiger partial charge in [0.1, 0.15) is 5.60 Å². The van der Waals surface area contributed by atoms with Gasteiger partial charge in [-0.05, 0) is 32.4 Å². The number of pyridine rings is 1. The molecule has 1 aliphatic rings. The molecule has 4 N–H and O–H groups in total. The summed E-state index contributed by atoms with van der Waals surface area (Å²) in [4.78, 5) is 17.8. The Bertz CT molecular complexity index is 564. The Labute approximate surface area is 135 Å². The fraction of sp³-hybridized carbons (Fsp3) is 0.533. The van der Waals surface area contributed by atoms with Gasteiger partial charge in [0.2, 0.25) is 0 Å².